The van der Waals surface area contributed by atoms with E-state index >= 15 is 0 Å². The fraction of sp³-hybridized carbons (Fsp3) is 0.350. The molecule has 1 atom stereocenters. The Morgan fingerprint density at radius 1 is 1.24 bits per heavy atom. The molecule has 25 heavy (non-hydrogen) atoms. The minimum Gasteiger partial charge on any atom is -0.489 e. The van der Waals surface area contributed by atoms with Crippen molar-refractivity contribution in [2.75, 3.05) is 18.4 Å². The van der Waals surface area contributed by atoms with Gasteiger partial charge >= 0.3 is 0 Å². The highest BCUT2D eigenvalue weighted by atomic mass is 35.5. The van der Waals surface area contributed by atoms with Gasteiger partial charge in [-0.05, 0) is 44.0 Å². The molecule has 1 heterocycles. The maximum absolute atomic E-state index is 12.3. The summed E-state index contributed by atoms with van der Waals surface area (Å²) in [5.74, 6) is 0.893. The molecule has 134 valence electrons. The summed E-state index contributed by atoms with van der Waals surface area (Å²) < 4.78 is 5.85. The number of carbonyl (C=O) groups excluding carboxylic acids is 1. The van der Waals surface area contributed by atoms with E-state index in [1.54, 1.807) is 0 Å². The second-order valence-electron chi connectivity index (χ2n) is 6.34. The summed E-state index contributed by atoms with van der Waals surface area (Å²) in [4.78, 5) is 12.3. The number of ether oxygens (including phenoxy) is 1. The normalized spacial score (nSPS) is 16.6. The van der Waals surface area contributed by atoms with E-state index < -0.39 is 0 Å². The summed E-state index contributed by atoms with van der Waals surface area (Å²) >= 11 is 0. The molecule has 0 bridgehead atoms. The van der Waals surface area contributed by atoms with Crippen molar-refractivity contribution in [3.05, 3.63) is 59.7 Å². The molecule has 2 aromatic rings. The molecular formula is C20H25ClN2O2. The largest absolute Gasteiger partial charge is 0.489 e. The van der Waals surface area contributed by atoms with Gasteiger partial charge in [0.2, 0.25) is 5.91 Å². The number of aryl methyl sites for hydroxylation is 1. The molecule has 2 aromatic carbocycles. The van der Waals surface area contributed by atoms with Gasteiger partial charge < -0.3 is 15.4 Å². The molecule has 1 aliphatic rings. The first-order valence-electron chi connectivity index (χ1n) is 8.51. The number of rotatable bonds is 5. The number of hydrogen-bond donors (Lipinski definition) is 2. The second kappa shape index (κ2) is 9.44. The van der Waals surface area contributed by atoms with Gasteiger partial charge in [0, 0.05) is 18.3 Å². The fourth-order valence-corrected chi connectivity index (χ4v) is 2.95. The zero-order valence-electron chi connectivity index (χ0n) is 14.5. The van der Waals surface area contributed by atoms with Crippen LogP contribution in [-0.4, -0.2) is 19.0 Å². The first-order chi connectivity index (χ1) is 11.7. The summed E-state index contributed by atoms with van der Waals surface area (Å²) in [6.07, 6.45) is 2.00. The lowest BCUT2D eigenvalue weighted by molar-refractivity contribution is -0.120. The Balaban J connectivity index is 0.00000225. The second-order valence-corrected chi connectivity index (χ2v) is 6.34. The quantitative estimate of drug-likeness (QED) is 0.849. The van der Waals surface area contributed by atoms with Gasteiger partial charge in [0.05, 0.1) is 5.92 Å². The number of benzene rings is 2. The average Bonchev–Trinajstić information content (AvgIpc) is 2.61. The van der Waals surface area contributed by atoms with Crippen molar-refractivity contribution in [3.63, 3.8) is 0 Å². The van der Waals surface area contributed by atoms with Gasteiger partial charge in [-0.15, -0.1) is 12.4 Å². The zero-order valence-corrected chi connectivity index (χ0v) is 15.3. The molecule has 1 aliphatic heterocycles. The first-order valence-corrected chi connectivity index (χ1v) is 8.51. The molecule has 1 saturated heterocycles. The van der Waals surface area contributed by atoms with Crippen LogP contribution in [0.2, 0.25) is 0 Å². The molecule has 2 N–H and O–H groups in total. The molecule has 1 amide bonds. The first kappa shape index (κ1) is 19.3. The summed E-state index contributed by atoms with van der Waals surface area (Å²) in [6.45, 7) is 4.35. The standard InChI is InChI=1S/C20H24N2O2.ClH/c1-15-5-2-6-16(11-15)14-24-19-9-3-8-18(12-19)22-20(23)17-7-4-10-21-13-17;/h2-3,5-6,8-9,11-12,17,21H,4,7,10,13-14H2,1H3,(H,22,23);1H. The van der Waals surface area contributed by atoms with Crippen LogP contribution in [0.25, 0.3) is 0 Å². The van der Waals surface area contributed by atoms with Crippen LogP contribution in [0.4, 0.5) is 5.69 Å². The molecule has 0 radical (unpaired) electrons. The van der Waals surface area contributed by atoms with E-state index in [1.807, 2.05) is 30.3 Å². The molecule has 5 heteroatoms. The highest BCUT2D eigenvalue weighted by Crippen LogP contribution is 2.20. The van der Waals surface area contributed by atoms with Gasteiger partial charge in [0.15, 0.2) is 0 Å². The lowest BCUT2D eigenvalue weighted by Gasteiger charge is -2.22. The Morgan fingerprint density at radius 2 is 2.08 bits per heavy atom. The van der Waals surface area contributed by atoms with Crippen LogP contribution in [0.15, 0.2) is 48.5 Å². The minimum absolute atomic E-state index is 0. The van der Waals surface area contributed by atoms with E-state index in [0.29, 0.717) is 6.61 Å². The number of piperidine rings is 1. The topological polar surface area (TPSA) is 50.4 Å². The highest BCUT2D eigenvalue weighted by molar-refractivity contribution is 5.92. The van der Waals surface area contributed by atoms with Crippen molar-refractivity contribution in [2.24, 2.45) is 5.92 Å². The van der Waals surface area contributed by atoms with Crippen molar-refractivity contribution in [1.29, 1.82) is 0 Å². The Kier molecular flexibility index (Phi) is 7.29. The fourth-order valence-electron chi connectivity index (χ4n) is 2.95. The van der Waals surface area contributed by atoms with E-state index in [1.165, 1.54) is 5.56 Å². The van der Waals surface area contributed by atoms with Crippen LogP contribution >= 0.6 is 12.4 Å². The van der Waals surface area contributed by atoms with E-state index in [2.05, 4.69) is 35.8 Å². The Bertz CT molecular complexity index is 700. The van der Waals surface area contributed by atoms with E-state index in [-0.39, 0.29) is 24.2 Å². The summed E-state index contributed by atoms with van der Waals surface area (Å²) in [7, 11) is 0. The number of amides is 1. The molecule has 0 spiro atoms. The van der Waals surface area contributed by atoms with Crippen LogP contribution in [0, 0.1) is 12.8 Å². The van der Waals surface area contributed by atoms with E-state index in [4.69, 9.17) is 4.74 Å². The number of carbonyl (C=O) groups is 1. The lowest BCUT2D eigenvalue weighted by atomic mass is 9.99. The van der Waals surface area contributed by atoms with Crippen molar-refractivity contribution < 1.29 is 9.53 Å². The van der Waals surface area contributed by atoms with Crippen molar-refractivity contribution in [3.8, 4) is 5.75 Å². The highest BCUT2D eigenvalue weighted by Gasteiger charge is 2.20. The van der Waals surface area contributed by atoms with Crippen LogP contribution in [0.1, 0.15) is 24.0 Å². The Labute approximate surface area is 155 Å². The van der Waals surface area contributed by atoms with Gasteiger partial charge in [-0.3, -0.25) is 4.79 Å². The summed E-state index contributed by atoms with van der Waals surface area (Å²) in [5.41, 5.74) is 3.14. The Hall–Kier alpha value is -2.04. The molecular weight excluding hydrogens is 336 g/mol. The third kappa shape index (κ3) is 5.76. The monoisotopic (exact) mass is 360 g/mol. The molecule has 0 saturated carbocycles. The van der Waals surface area contributed by atoms with E-state index in [9.17, 15) is 4.79 Å². The van der Waals surface area contributed by atoms with Crippen molar-refractivity contribution in [1.82, 2.24) is 5.32 Å². The number of anilines is 1. The third-order valence-electron chi connectivity index (χ3n) is 4.26. The van der Waals surface area contributed by atoms with Crippen molar-refractivity contribution >= 4 is 24.0 Å². The average molecular weight is 361 g/mol. The van der Waals surface area contributed by atoms with Gasteiger partial charge in [-0.2, -0.15) is 0 Å². The van der Waals surface area contributed by atoms with Crippen LogP contribution in [0.5, 0.6) is 5.75 Å². The minimum atomic E-state index is 0. The predicted octanol–water partition coefficient (Wildman–Crippen LogP) is 3.93. The number of hydrogen-bond acceptors (Lipinski definition) is 3. The molecule has 3 rings (SSSR count). The lowest BCUT2D eigenvalue weighted by Crippen LogP contribution is -2.37. The Morgan fingerprint density at radius 3 is 2.84 bits per heavy atom. The number of nitrogens with one attached hydrogen (secondary N) is 2. The molecule has 1 fully saturated rings. The number of halogens is 1. The van der Waals surface area contributed by atoms with Gasteiger partial charge in [0.1, 0.15) is 12.4 Å². The van der Waals surface area contributed by atoms with Crippen LogP contribution < -0.4 is 15.4 Å². The summed E-state index contributed by atoms with van der Waals surface area (Å²) in [5, 5.41) is 6.27. The zero-order chi connectivity index (χ0) is 16.8. The maximum Gasteiger partial charge on any atom is 0.228 e. The maximum atomic E-state index is 12.3. The summed E-state index contributed by atoms with van der Waals surface area (Å²) in [6, 6.07) is 15.9. The molecule has 0 aliphatic carbocycles. The molecule has 0 aromatic heterocycles. The van der Waals surface area contributed by atoms with Gasteiger partial charge in [-0.1, -0.05) is 35.9 Å². The van der Waals surface area contributed by atoms with Crippen LogP contribution in [0.3, 0.4) is 0 Å². The molecule has 4 nitrogen and oxygen atoms in total. The molecule has 1 unspecified atom stereocenters. The smallest absolute Gasteiger partial charge is 0.228 e. The van der Waals surface area contributed by atoms with Gasteiger partial charge in [-0.25, -0.2) is 0 Å². The van der Waals surface area contributed by atoms with E-state index in [0.717, 1.165) is 42.9 Å². The van der Waals surface area contributed by atoms with Gasteiger partial charge in [0.25, 0.3) is 0 Å². The van der Waals surface area contributed by atoms with Crippen LogP contribution in [-0.2, 0) is 11.4 Å². The SMILES string of the molecule is Cc1cccc(COc2cccc(NC(=O)C3CCCNC3)c2)c1.Cl. The van der Waals surface area contributed by atoms with Crippen molar-refractivity contribution in [2.45, 2.75) is 26.4 Å². The predicted molar refractivity (Wildman–Crippen MR) is 103 cm³/mol. The third-order valence-corrected chi connectivity index (χ3v) is 4.26.